The molecule has 1 unspecified atom stereocenters. The monoisotopic (exact) mass is 402 g/mol. The number of anilines is 1. The number of hydrogen-bond donors (Lipinski definition) is 3. The number of aromatic nitrogens is 3. The average molecular weight is 403 g/mol. The number of carbonyl (C=O) groups excluding carboxylic acids is 1. The molecule has 3 rings (SSSR count). The number of nitrogens with one attached hydrogen (secondary N) is 2. The van der Waals surface area contributed by atoms with E-state index in [4.69, 9.17) is 17.4 Å². The van der Waals surface area contributed by atoms with E-state index in [-0.39, 0.29) is 5.91 Å². The summed E-state index contributed by atoms with van der Waals surface area (Å²) < 4.78 is 1.92. The van der Waals surface area contributed by atoms with Gasteiger partial charge in [-0.25, -0.2) is 5.84 Å². The Morgan fingerprint density at radius 2 is 1.89 bits per heavy atom. The molecule has 0 radical (unpaired) electrons. The van der Waals surface area contributed by atoms with Crippen LogP contribution in [0.1, 0.15) is 12.7 Å². The molecule has 0 saturated carbocycles. The van der Waals surface area contributed by atoms with E-state index in [1.165, 1.54) is 11.8 Å². The van der Waals surface area contributed by atoms with Gasteiger partial charge in [-0.15, -0.1) is 10.2 Å². The van der Waals surface area contributed by atoms with Crippen molar-refractivity contribution >= 4 is 35.0 Å². The van der Waals surface area contributed by atoms with E-state index in [2.05, 4.69) is 20.9 Å². The van der Waals surface area contributed by atoms with Gasteiger partial charge in [0.15, 0.2) is 11.0 Å². The van der Waals surface area contributed by atoms with Crippen molar-refractivity contribution in [2.45, 2.75) is 23.9 Å². The zero-order valence-corrected chi connectivity index (χ0v) is 16.2. The fraction of sp³-hybridized carbons (Fsp3) is 0.167. The van der Waals surface area contributed by atoms with Gasteiger partial charge in [-0.05, 0) is 43.3 Å². The van der Waals surface area contributed by atoms with E-state index < -0.39 is 5.25 Å². The van der Waals surface area contributed by atoms with Gasteiger partial charge in [-0.1, -0.05) is 41.6 Å². The van der Waals surface area contributed by atoms with Gasteiger partial charge in [-0.2, -0.15) is 0 Å². The van der Waals surface area contributed by atoms with E-state index >= 15 is 0 Å². The Hall–Kier alpha value is -2.55. The minimum absolute atomic E-state index is 0.275. The fourth-order valence-electron chi connectivity index (χ4n) is 2.41. The maximum Gasteiger partial charge on any atom is 0.247 e. The van der Waals surface area contributed by atoms with Crippen molar-refractivity contribution in [3.8, 4) is 5.69 Å². The quantitative estimate of drug-likeness (QED) is 0.243. The van der Waals surface area contributed by atoms with Crippen LogP contribution in [-0.4, -0.2) is 25.9 Å². The summed E-state index contributed by atoms with van der Waals surface area (Å²) in [6, 6.07) is 17.2. The molecule has 0 saturated heterocycles. The predicted octanol–water partition coefficient (Wildman–Crippen LogP) is 3.00. The molecule has 140 valence electrons. The molecular formula is C18H19ClN6OS. The molecule has 3 aromatic rings. The van der Waals surface area contributed by atoms with Gasteiger partial charge >= 0.3 is 0 Å². The first-order valence-corrected chi connectivity index (χ1v) is 9.50. The molecule has 9 heteroatoms. The molecule has 0 bridgehead atoms. The molecule has 27 heavy (non-hydrogen) atoms. The molecule has 7 nitrogen and oxygen atoms in total. The third-order valence-corrected chi connectivity index (χ3v) is 5.10. The zero-order chi connectivity index (χ0) is 19.2. The van der Waals surface area contributed by atoms with E-state index in [9.17, 15) is 4.79 Å². The van der Waals surface area contributed by atoms with Crippen molar-refractivity contribution in [1.29, 1.82) is 0 Å². The predicted molar refractivity (Wildman–Crippen MR) is 108 cm³/mol. The number of para-hydroxylation sites is 1. The molecule has 1 heterocycles. The van der Waals surface area contributed by atoms with Crippen LogP contribution in [-0.2, 0) is 11.3 Å². The van der Waals surface area contributed by atoms with Crippen molar-refractivity contribution < 1.29 is 4.79 Å². The maximum atomic E-state index is 11.8. The Morgan fingerprint density at radius 3 is 2.56 bits per heavy atom. The van der Waals surface area contributed by atoms with Gasteiger partial charge in [0.1, 0.15) is 0 Å². The highest BCUT2D eigenvalue weighted by Crippen LogP contribution is 2.26. The fourth-order valence-corrected chi connectivity index (χ4v) is 3.43. The SMILES string of the molecule is CC(Sc1nnc(CNc2ccc(Cl)cc2)n1-c1ccccc1)C(=O)NN. The first kappa shape index (κ1) is 19.2. The summed E-state index contributed by atoms with van der Waals surface area (Å²) >= 11 is 7.22. The van der Waals surface area contributed by atoms with Crippen LogP contribution in [0.4, 0.5) is 5.69 Å². The van der Waals surface area contributed by atoms with E-state index in [0.717, 1.165) is 17.2 Å². The number of thioether (sulfide) groups is 1. The second-order valence-electron chi connectivity index (χ2n) is 5.70. The average Bonchev–Trinajstić information content (AvgIpc) is 3.09. The summed E-state index contributed by atoms with van der Waals surface area (Å²) in [6.07, 6.45) is 0. The van der Waals surface area contributed by atoms with Gasteiger partial charge in [0.25, 0.3) is 0 Å². The highest BCUT2D eigenvalue weighted by molar-refractivity contribution is 8.00. The van der Waals surface area contributed by atoms with Crippen molar-refractivity contribution in [3.05, 3.63) is 65.4 Å². The van der Waals surface area contributed by atoms with Gasteiger partial charge in [0.05, 0.1) is 11.8 Å². The Balaban J connectivity index is 1.87. The second kappa shape index (κ2) is 8.90. The normalized spacial score (nSPS) is 11.8. The Labute approximate surface area is 166 Å². The summed E-state index contributed by atoms with van der Waals surface area (Å²) in [6.45, 7) is 2.23. The van der Waals surface area contributed by atoms with Crippen molar-refractivity contribution in [3.63, 3.8) is 0 Å². The zero-order valence-electron chi connectivity index (χ0n) is 14.6. The lowest BCUT2D eigenvalue weighted by molar-refractivity contribution is -0.120. The van der Waals surface area contributed by atoms with Gasteiger partial charge < -0.3 is 5.32 Å². The molecular weight excluding hydrogens is 384 g/mol. The molecule has 0 aliphatic heterocycles. The standard InChI is InChI=1S/C18H19ClN6OS/c1-12(17(26)22-20)27-18-24-23-16(25(18)15-5-3-2-4-6-15)11-21-14-9-7-13(19)8-10-14/h2-10,12,21H,11,20H2,1H3,(H,22,26). The minimum atomic E-state index is -0.404. The number of hydrazine groups is 1. The topological polar surface area (TPSA) is 97.9 Å². The van der Waals surface area contributed by atoms with E-state index in [1.54, 1.807) is 6.92 Å². The maximum absolute atomic E-state index is 11.8. The minimum Gasteiger partial charge on any atom is -0.378 e. The molecule has 1 atom stereocenters. The molecule has 1 amide bonds. The van der Waals surface area contributed by atoms with Crippen LogP contribution in [0.5, 0.6) is 0 Å². The third-order valence-electron chi connectivity index (χ3n) is 3.80. The first-order chi connectivity index (χ1) is 13.1. The summed E-state index contributed by atoms with van der Waals surface area (Å²) in [5.41, 5.74) is 4.00. The van der Waals surface area contributed by atoms with Crippen LogP contribution in [0.25, 0.3) is 5.69 Å². The number of rotatable bonds is 7. The number of hydrogen-bond acceptors (Lipinski definition) is 6. The molecule has 1 aromatic heterocycles. The molecule has 4 N–H and O–H groups in total. The van der Waals surface area contributed by atoms with E-state index in [1.807, 2.05) is 59.2 Å². The second-order valence-corrected chi connectivity index (χ2v) is 7.44. The van der Waals surface area contributed by atoms with Gasteiger partial charge in [0.2, 0.25) is 5.91 Å². The lowest BCUT2D eigenvalue weighted by atomic mass is 10.3. The van der Waals surface area contributed by atoms with Crippen molar-refractivity contribution in [2.75, 3.05) is 5.32 Å². The third kappa shape index (κ3) is 4.79. The van der Waals surface area contributed by atoms with Crippen LogP contribution in [0.2, 0.25) is 5.02 Å². The number of nitrogens with two attached hydrogens (primary N) is 1. The van der Waals surface area contributed by atoms with Crippen LogP contribution in [0.15, 0.2) is 59.8 Å². The lowest BCUT2D eigenvalue weighted by Gasteiger charge is -2.13. The summed E-state index contributed by atoms with van der Waals surface area (Å²) in [4.78, 5) is 11.8. The highest BCUT2D eigenvalue weighted by atomic mass is 35.5. The number of amides is 1. The molecule has 2 aromatic carbocycles. The summed E-state index contributed by atoms with van der Waals surface area (Å²) in [7, 11) is 0. The van der Waals surface area contributed by atoms with Gasteiger partial charge in [-0.3, -0.25) is 14.8 Å². The Morgan fingerprint density at radius 1 is 1.19 bits per heavy atom. The number of benzene rings is 2. The van der Waals surface area contributed by atoms with Crippen LogP contribution in [0.3, 0.4) is 0 Å². The number of nitrogens with zero attached hydrogens (tertiary/aromatic N) is 3. The lowest BCUT2D eigenvalue weighted by Crippen LogP contribution is -2.36. The molecule has 0 aliphatic rings. The van der Waals surface area contributed by atoms with Gasteiger partial charge in [0, 0.05) is 16.4 Å². The van der Waals surface area contributed by atoms with Crippen LogP contribution >= 0.6 is 23.4 Å². The Bertz CT molecular complexity index is 900. The Kier molecular flexibility index (Phi) is 6.33. The number of halogens is 1. The first-order valence-electron chi connectivity index (χ1n) is 8.24. The van der Waals surface area contributed by atoms with Crippen molar-refractivity contribution in [2.24, 2.45) is 5.84 Å². The van der Waals surface area contributed by atoms with Crippen LogP contribution in [0, 0.1) is 0 Å². The smallest absolute Gasteiger partial charge is 0.247 e. The number of carbonyl (C=O) groups is 1. The highest BCUT2D eigenvalue weighted by Gasteiger charge is 2.20. The summed E-state index contributed by atoms with van der Waals surface area (Å²) in [5, 5.41) is 12.8. The molecule has 0 fully saturated rings. The largest absolute Gasteiger partial charge is 0.378 e. The molecule has 0 spiro atoms. The molecule has 0 aliphatic carbocycles. The van der Waals surface area contributed by atoms with Crippen LogP contribution < -0.4 is 16.6 Å². The summed E-state index contributed by atoms with van der Waals surface area (Å²) in [5.74, 6) is 5.68. The van der Waals surface area contributed by atoms with Crippen molar-refractivity contribution in [1.82, 2.24) is 20.2 Å². The van der Waals surface area contributed by atoms with E-state index in [0.29, 0.717) is 16.7 Å².